The van der Waals surface area contributed by atoms with Crippen molar-refractivity contribution in [2.75, 3.05) is 33.0 Å². The second kappa shape index (κ2) is 15.0. The van der Waals surface area contributed by atoms with Gasteiger partial charge in [-0.3, -0.25) is 9.68 Å². The number of aliphatic hydroxyl groups excluding tert-OH is 3. The lowest BCUT2D eigenvalue weighted by molar-refractivity contribution is -0.371. The molecule has 0 saturated heterocycles. The third-order valence-electron chi connectivity index (χ3n) is 2.70. The molecule has 4 N–H and O–H groups in total. The van der Waals surface area contributed by atoms with Gasteiger partial charge in [0.05, 0.1) is 33.0 Å². The number of unbranched alkanes of at least 4 members (excludes halogenated alkanes) is 1. The van der Waals surface area contributed by atoms with Crippen molar-refractivity contribution in [3.05, 3.63) is 35.9 Å². The third-order valence-corrected chi connectivity index (χ3v) is 2.70. The van der Waals surface area contributed by atoms with E-state index < -0.39 is 12.1 Å². The zero-order chi connectivity index (χ0) is 18.2. The number of carboxylic acid groups (broad SMARTS) is 1. The minimum absolute atomic E-state index is 0.0366. The fraction of sp³-hybridized carbons (Fsp3) is 0.562. The number of carbonyl (C=O) groups is 1. The average molecular weight is 345 g/mol. The molecule has 0 spiro atoms. The molecule has 0 heterocycles. The molecule has 1 rings (SSSR count). The van der Waals surface area contributed by atoms with Crippen LogP contribution in [0.2, 0.25) is 0 Å². The van der Waals surface area contributed by atoms with Crippen molar-refractivity contribution in [2.45, 2.75) is 25.9 Å². The lowest BCUT2D eigenvalue weighted by Gasteiger charge is -2.19. The Hall–Kier alpha value is -1.55. The second-order valence-corrected chi connectivity index (χ2v) is 4.68. The van der Waals surface area contributed by atoms with Crippen LogP contribution in [0.4, 0.5) is 0 Å². The summed E-state index contributed by atoms with van der Waals surface area (Å²) in [6, 6.07) is 8.26. The quantitative estimate of drug-likeness (QED) is 0.434. The van der Waals surface area contributed by atoms with Crippen LogP contribution in [0.15, 0.2) is 30.3 Å². The lowest BCUT2D eigenvalue weighted by atomic mass is 10.1. The van der Waals surface area contributed by atoms with Gasteiger partial charge in [-0.15, -0.1) is 0 Å². The van der Waals surface area contributed by atoms with E-state index in [1.165, 1.54) is 5.23 Å². The minimum atomic E-state index is -1.41. The van der Waals surface area contributed by atoms with E-state index in [4.69, 9.17) is 30.1 Å². The van der Waals surface area contributed by atoms with E-state index in [1.54, 1.807) is 30.3 Å². The molecule has 1 aromatic rings. The molecule has 8 heteroatoms. The first-order valence-electron chi connectivity index (χ1n) is 7.77. The Bertz CT molecular complexity index is 397. The van der Waals surface area contributed by atoms with Gasteiger partial charge in [0.25, 0.3) is 0 Å². The molecule has 0 fully saturated rings. The molecule has 0 radical (unpaired) electrons. The molecular formula is C16H27NO7. The number of carboxylic acids is 1. The molecule has 0 aliphatic rings. The summed E-state index contributed by atoms with van der Waals surface area (Å²) in [6.07, 6.45) is 0.592. The number of hydrogen-bond donors (Lipinski definition) is 4. The Morgan fingerprint density at radius 2 is 1.67 bits per heavy atom. The first-order chi connectivity index (χ1) is 11.6. The van der Waals surface area contributed by atoms with E-state index >= 15 is 0 Å². The molecule has 24 heavy (non-hydrogen) atoms. The summed E-state index contributed by atoms with van der Waals surface area (Å²) in [6.45, 7) is 3.08. The molecule has 138 valence electrons. The van der Waals surface area contributed by atoms with Crippen molar-refractivity contribution in [3.8, 4) is 0 Å². The molecule has 1 aromatic carbocycles. The Kier molecular flexibility index (Phi) is 14.0. The maximum atomic E-state index is 10.2. The van der Waals surface area contributed by atoms with Gasteiger partial charge in [-0.05, 0) is 12.0 Å². The number of hydroxylamine groups is 2. The average Bonchev–Trinajstić information content (AvgIpc) is 2.61. The second-order valence-electron chi connectivity index (χ2n) is 4.68. The number of rotatable bonds is 11. The van der Waals surface area contributed by atoms with Crippen LogP contribution in [0, 0.1) is 0 Å². The van der Waals surface area contributed by atoms with Crippen LogP contribution in [0.25, 0.3) is 0 Å². The monoisotopic (exact) mass is 345 g/mol. The molecular weight excluding hydrogens is 318 g/mol. The maximum absolute atomic E-state index is 10.2. The summed E-state index contributed by atoms with van der Waals surface area (Å²) in [5, 5.41) is 35.7. The van der Waals surface area contributed by atoms with Gasteiger partial charge in [-0.2, -0.15) is 0 Å². The van der Waals surface area contributed by atoms with Gasteiger partial charge in [-0.25, -0.2) is 4.79 Å². The highest BCUT2D eigenvalue weighted by Crippen LogP contribution is 2.10. The lowest BCUT2D eigenvalue weighted by Crippen LogP contribution is -2.28. The van der Waals surface area contributed by atoms with Crippen LogP contribution >= 0.6 is 0 Å². The largest absolute Gasteiger partial charge is 0.479 e. The molecule has 0 amide bonds. The third kappa shape index (κ3) is 11.1. The van der Waals surface area contributed by atoms with Crippen LogP contribution < -0.4 is 0 Å². The topological polar surface area (TPSA) is 120 Å². The Morgan fingerprint density at radius 1 is 1.12 bits per heavy atom. The number of benzene rings is 1. The van der Waals surface area contributed by atoms with Crippen LogP contribution in [-0.2, 0) is 14.5 Å². The van der Waals surface area contributed by atoms with Gasteiger partial charge >= 0.3 is 5.97 Å². The standard InChI is InChI=1S/C8H19NO4.C8H8O3/c1-2-3-4-9(12-7-5-10)13-8-6-11;9-7(8(10)11)6-4-2-1-3-5-6/h10-11H,2-8H2,1H3;1-5,7,9H,(H,10,11). The Labute approximate surface area is 141 Å². The normalized spacial score (nSPS) is 11.7. The van der Waals surface area contributed by atoms with E-state index in [0.29, 0.717) is 12.1 Å². The van der Waals surface area contributed by atoms with Crippen LogP contribution in [0.3, 0.4) is 0 Å². The first kappa shape index (κ1) is 22.4. The highest BCUT2D eigenvalue weighted by atomic mass is 16.9. The van der Waals surface area contributed by atoms with Crippen molar-refractivity contribution in [3.63, 3.8) is 0 Å². The van der Waals surface area contributed by atoms with E-state index in [1.807, 2.05) is 0 Å². The van der Waals surface area contributed by atoms with E-state index in [2.05, 4.69) is 6.92 Å². The minimum Gasteiger partial charge on any atom is -0.479 e. The van der Waals surface area contributed by atoms with Crippen molar-refractivity contribution in [2.24, 2.45) is 0 Å². The molecule has 1 atom stereocenters. The smallest absolute Gasteiger partial charge is 0.337 e. The Balaban J connectivity index is 0.000000446. The van der Waals surface area contributed by atoms with E-state index in [9.17, 15) is 4.79 Å². The highest BCUT2D eigenvalue weighted by molar-refractivity contribution is 5.73. The van der Waals surface area contributed by atoms with Crippen LogP contribution in [-0.4, -0.2) is 64.6 Å². The van der Waals surface area contributed by atoms with Crippen molar-refractivity contribution < 1.29 is 34.9 Å². The van der Waals surface area contributed by atoms with E-state index in [-0.39, 0.29) is 26.4 Å². The summed E-state index contributed by atoms with van der Waals surface area (Å²) in [5.74, 6) is -1.23. The summed E-state index contributed by atoms with van der Waals surface area (Å²) >= 11 is 0. The Morgan fingerprint density at radius 3 is 2.08 bits per heavy atom. The molecule has 0 bridgehead atoms. The summed E-state index contributed by atoms with van der Waals surface area (Å²) < 4.78 is 0. The maximum Gasteiger partial charge on any atom is 0.337 e. The summed E-state index contributed by atoms with van der Waals surface area (Å²) in [4.78, 5) is 20.3. The van der Waals surface area contributed by atoms with Gasteiger partial charge in [0.2, 0.25) is 0 Å². The summed E-state index contributed by atoms with van der Waals surface area (Å²) in [5.41, 5.74) is 0.403. The molecule has 0 aromatic heterocycles. The zero-order valence-corrected chi connectivity index (χ0v) is 13.9. The zero-order valence-electron chi connectivity index (χ0n) is 13.9. The van der Waals surface area contributed by atoms with Gasteiger partial charge in [-0.1, -0.05) is 48.9 Å². The SMILES string of the molecule is CCCCN(OCCO)OCCO.O=C(O)C(O)c1ccccc1. The number of aliphatic hydroxyl groups is 3. The predicted octanol–water partition coefficient (Wildman–Crippen LogP) is 0.741. The molecule has 0 saturated carbocycles. The molecule has 0 aliphatic carbocycles. The van der Waals surface area contributed by atoms with Crippen LogP contribution in [0.5, 0.6) is 0 Å². The van der Waals surface area contributed by atoms with E-state index in [0.717, 1.165) is 12.8 Å². The van der Waals surface area contributed by atoms with Crippen molar-refractivity contribution in [1.82, 2.24) is 5.23 Å². The fourth-order valence-corrected chi connectivity index (χ4v) is 1.52. The molecule has 0 aliphatic heterocycles. The first-order valence-corrected chi connectivity index (χ1v) is 7.77. The fourth-order valence-electron chi connectivity index (χ4n) is 1.52. The molecule has 1 unspecified atom stereocenters. The van der Waals surface area contributed by atoms with Gasteiger partial charge in [0, 0.05) is 0 Å². The van der Waals surface area contributed by atoms with Crippen molar-refractivity contribution in [1.29, 1.82) is 0 Å². The van der Waals surface area contributed by atoms with Crippen LogP contribution in [0.1, 0.15) is 31.4 Å². The summed E-state index contributed by atoms with van der Waals surface area (Å²) in [7, 11) is 0. The predicted molar refractivity (Wildman–Crippen MR) is 86.7 cm³/mol. The van der Waals surface area contributed by atoms with Gasteiger partial charge < -0.3 is 20.4 Å². The number of nitrogens with zero attached hydrogens (tertiary/aromatic N) is 1. The number of aliphatic carboxylic acids is 1. The highest BCUT2D eigenvalue weighted by Gasteiger charge is 2.14. The number of hydrogen-bond acceptors (Lipinski definition) is 7. The van der Waals surface area contributed by atoms with Gasteiger partial charge in [0.15, 0.2) is 6.10 Å². The molecule has 8 nitrogen and oxygen atoms in total. The van der Waals surface area contributed by atoms with Gasteiger partial charge in [0.1, 0.15) is 0 Å². The van der Waals surface area contributed by atoms with Crippen molar-refractivity contribution >= 4 is 5.97 Å².